The number of rotatable bonds is 3. The van der Waals surface area contributed by atoms with Crippen LogP contribution in [0.25, 0.3) is 0 Å². The molecule has 0 bridgehead atoms. The first-order valence-electron chi connectivity index (χ1n) is 9.03. The molecule has 2 aliphatic rings. The van der Waals surface area contributed by atoms with Gasteiger partial charge >= 0.3 is 11.8 Å². The number of aliphatic hydroxyl groups is 1. The van der Waals surface area contributed by atoms with Gasteiger partial charge in [-0.2, -0.15) is 0 Å². The Morgan fingerprint density at radius 3 is 2.67 bits per heavy atom. The molecule has 1 saturated carbocycles. The van der Waals surface area contributed by atoms with Crippen LogP contribution in [0.4, 0.5) is 5.69 Å². The van der Waals surface area contributed by atoms with Gasteiger partial charge in [-0.05, 0) is 55.7 Å². The Hall–Kier alpha value is -1.88. The number of aryl methyl sites for hydroxylation is 1. The first kappa shape index (κ1) is 17.0. The number of carbonyl (C=O) groups excluding carboxylic acids is 2. The quantitative estimate of drug-likeness (QED) is 0.743. The number of nitrogens with one attached hydrogen (secondary N) is 2. The van der Waals surface area contributed by atoms with Gasteiger partial charge in [0.05, 0.1) is 6.10 Å². The second-order valence-electron chi connectivity index (χ2n) is 6.93. The summed E-state index contributed by atoms with van der Waals surface area (Å²) in [4.78, 5) is 24.2. The van der Waals surface area contributed by atoms with Gasteiger partial charge in [0.15, 0.2) is 0 Å². The van der Waals surface area contributed by atoms with E-state index >= 15 is 0 Å². The highest BCUT2D eigenvalue weighted by molar-refractivity contribution is 6.39. The molecule has 0 aromatic heterocycles. The molecule has 0 radical (unpaired) electrons. The van der Waals surface area contributed by atoms with E-state index in [1.54, 1.807) is 0 Å². The predicted octanol–water partition coefficient (Wildman–Crippen LogP) is 2.17. The molecule has 0 spiro atoms. The number of anilines is 1. The average Bonchev–Trinajstić information content (AvgIpc) is 2.61. The van der Waals surface area contributed by atoms with E-state index in [1.807, 2.05) is 12.1 Å². The van der Waals surface area contributed by atoms with Gasteiger partial charge in [-0.3, -0.25) is 9.59 Å². The molecule has 3 rings (SSSR count). The van der Waals surface area contributed by atoms with E-state index in [1.165, 1.54) is 12.0 Å². The summed E-state index contributed by atoms with van der Waals surface area (Å²) in [5.41, 5.74) is 3.18. The molecule has 5 heteroatoms. The van der Waals surface area contributed by atoms with Crippen LogP contribution in [0.15, 0.2) is 18.2 Å². The topological polar surface area (TPSA) is 78.4 Å². The summed E-state index contributed by atoms with van der Waals surface area (Å²) in [6.07, 6.45) is 7.68. The highest BCUT2D eigenvalue weighted by atomic mass is 16.3. The van der Waals surface area contributed by atoms with Gasteiger partial charge in [-0.25, -0.2) is 0 Å². The van der Waals surface area contributed by atoms with Gasteiger partial charge in [-0.1, -0.05) is 25.0 Å². The third kappa shape index (κ3) is 3.96. The lowest BCUT2D eigenvalue weighted by molar-refractivity contribution is -0.136. The van der Waals surface area contributed by atoms with Crippen LogP contribution in [0.1, 0.15) is 49.7 Å². The van der Waals surface area contributed by atoms with Gasteiger partial charge < -0.3 is 15.7 Å². The Morgan fingerprint density at radius 1 is 1.04 bits per heavy atom. The normalized spacial score (nSPS) is 23.2. The minimum Gasteiger partial charge on any atom is -0.393 e. The summed E-state index contributed by atoms with van der Waals surface area (Å²) < 4.78 is 0. The standard InChI is InChI=1S/C19H26N2O3/c22-17-11-4-2-7-14(17)12-20-18(23)19(24)21-16-10-5-8-13-6-1-3-9-15(13)16/h5,8,10,14,17,22H,1-4,6-7,9,11-12H2,(H,20,23)(H,21,24)/t14-,17-/m1/s1. The Balaban J connectivity index is 1.56. The van der Waals surface area contributed by atoms with E-state index in [0.717, 1.165) is 56.2 Å². The van der Waals surface area contributed by atoms with Gasteiger partial charge in [-0.15, -0.1) is 0 Å². The van der Waals surface area contributed by atoms with Crippen molar-refractivity contribution >= 4 is 17.5 Å². The molecular weight excluding hydrogens is 304 g/mol. The third-order valence-corrected chi connectivity index (χ3v) is 5.24. The molecule has 3 N–H and O–H groups in total. The number of carbonyl (C=O) groups is 2. The monoisotopic (exact) mass is 330 g/mol. The third-order valence-electron chi connectivity index (χ3n) is 5.24. The van der Waals surface area contributed by atoms with Crippen LogP contribution in [-0.4, -0.2) is 29.6 Å². The molecule has 0 heterocycles. The van der Waals surface area contributed by atoms with Crippen LogP contribution in [0.3, 0.4) is 0 Å². The molecular formula is C19H26N2O3. The van der Waals surface area contributed by atoms with Crippen molar-refractivity contribution in [1.29, 1.82) is 0 Å². The molecule has 24 heavy (non-hydrogen) atoms. The first-order valence-corrected chi connectivity index (χ1v) is 9.03. The van der Waals surface area contributed by atoms with Gasteiger partial charge in [0.2, 0.25) is 0 Å². The van der Waals surface area contributed by atoms with Crippen LogP contribution >= 0.6 is 0 Å². The van der Waals surface area contributed by atoms with E-state index in [4.69, 9.17) is 0 Å². The lowest BCUT2D eigenvalue weighted by Crippen LogP contribution is -2.41. The molecule has 0 aliphatic heterocycles. The number of hydrogen-bond acceptors (Lipinski definition) is 3. The average molecular weight is 330 g/mol. The first-order chi connectivity index (χ1) is 11.6. The molecule has 1 aromatic carbocycles. The maximum Gasteiger partial charge on any atom is 0.313 e. The lowest BCUT2D eigenvalue weighted by atomic mass is 9.86. The van der Waals surface area contributed by atoms with Crippen molar-refractivity contribution in [1.82, 2.24) is 5.32 Å². The van der Waals surface area contributed by atoms with Gasteiger partial charge in [0.1, 0.15) is 0 Å². The van der Waals surface area contributed by atoms with Crippen molar-refractivity contribution in [3.05, 3.63) is 29.3 Å². The highest BCUT2D eigenvalue weighted by Crippen LogP contribution is 2.28. The second-order valence-corrected chi connectivity index (χ2v) is 6.93. The van der Waals surface area contributed by atoms with Crippen molar-refractivity contribution in [3.63, 3.8) is 0 Å². The SMILES string of the molecule is O=C(NC[C@H]1CCCC[C@H]1O)C(=O)Nc1cccc2c1CCCC2. The van der Waals surface area contributed by atoms with Crippen LogP contribution in [0.5, 0.6) is 0 Å². The minimum atomic E-state index is -0.626. The second kappa shape index (κ2) is 7.79. The fraction of sp³-hybridized carbons (Fsp3) is 0.579. The van der Waals surface area contributed by atoms with Crippen molar-refractivity contribution in [2.45, 2.75) is 57.5 Å². The molecule has 2 amide bonds. The van der Waals surface area contributed by atoms with Crippen LogP contribution in [0.2, 0.25) is 0 Å². The Morgan fingerprint density at radius 2 is 1.83 bits per heavy atom. The zero-order valence-electron chi connectivity index (χ0n) is 14.0. The Bertz CT molecular complexity index is 615. The van der Waals surface area contributed by atoms with E-state index < -0.39 is 11.8 Å². The largest absolute Gasteiger partial charge is 0.393 e. The summed E-state index contributed by atoms with van der Waals surface area (Å²) >= 11 is 0. The fourth-order valence-corrected chi connectivity index (χ4v) is 3.81. The molecule has 0 saturated heterocycles. The van der Waals surface area contributed by atoms with Gasteiger partial charge in [0, 0.05) is 18.2 Å². The molecule has 2 aliphatic carbocycles. The van der Waals surface area contributed by atoms with Gasteiger partial charge in [0.25, 0.3) is 0 Å². The van der Waals surface area contributed by atoms with Crippen LogP contribution in [-0.2, 0) is 22.4 Å². The predicted molar refractivity (Wildman–Crippen MR) is 92.7 cm³/mol. The summed E-state index contributed by atoms with van der Waals surface area (Å²) in [5.74, 6) is -1.19. The van der Waals surface area contributed by atoms with Crippen molar-refractivity contribution < 1.29 is 14.7 Å². The molecule has 5 nitrogen and oxygen atoms in total. The molecule has 0 unspecified atom stereocenters. The van der Waals surface area contributed by atoms with Crippen LogP contribution in [0, 0.1) is 5.92 Å². The number of amides is 2. The lowest BCUT2D eigenvalue weighted by Gasteiger charge is -2.27. The molecule has 1 aromatic rings. The van der Waals surface area contributed by atoms with E-state index in [-0.39, 0.29) is 12.0 Å². The Kier molecular flexibility index (Phi) is 5.51. The number of benzene rings is 1. The van der Waals surface area contributed by atoms with Crippen molar-refractivity contribution in [3.8, 4) is 0 Å². The van der Waals surface area contributed by atoms with Crippen molar-refractivity contribution in [2.24, 2.45) is 5.92 Å². The zero-order chi connectivity index (χ0) is 16.9. The van der Waals surface area contributed by atoms with E-state index in [0.29, 0.717) is 6.54 Å². The highest BCUT2D eigenvalue weighted by Gasteiger charge is 2.25. The summed E-state index contributed by atoms with van der Waals surface area (Å²) in [5, 5.41) is 15.4. The summed E-state index contributed by atoms with van der Waals surface area (Å²) in [7, 11) is 0. The van der Waals surface area contributed by atoms with Crippen molar-refractivity contribution in [2.75, 3.05) is 11.9 Å². The summed E-state index contributed by atoms with van der Waals surface area (Å²) in [6.45, 7) is 0.361. The molecule has 130 valence electrons. The number of fused-ring (bicyclic) bond motifs is 1. The number of aliphatic hydroxyl groups excluding tert-OH is 1. The Labute approximate surface area is 142 Å². The molecule has 1 fully saturated rings. The minimum absolute atomic E-state index is 0.0555. The maximum atomic E-state index is 12.2. The zero-order valence-corrected chi connectivity index (χ0v) is 14.0. The fourth-order valence-electron chi connectivity index (χ4n) is 3.81. The number of hydrogen-bond donors (Lipinski definition) is 3. The maximum absolute atomic E-state index is 12.2. The molecule has 2 atom stereocenters. The smallest absolute Gasteiger partial charge is 0.313 e. The van der Waals surface area contributed by atoms with Crippen LogP contribution < -0.4 is 10.6 Å². The summed E-state index contributed by atoms with van der Waals surface area (Å²) in [6, 6.07) is 5.88. The van der Waals surface area contributed by atoms with E-state index in [9.17, 15) is 14.7 Å². The van der Waals surface area contributed by atoms with E-state index in [2.05, 4.69) is 16.7 Å².